The van der Waals surface area contributed by atoms with Gasteiger partial charge in [-0.05, 0) is 85.7 Å². The van der Waals surface area contributed by atoms with Gasteiger partial charge in [-0.15, -0.1) is 0 Å². The highest BCUT2D eigenvalue weighted by atomic mass is 16.6. The molecule has 0 spiro atoms. The highest BCUT2D eigenvalue weighted by Gasteiger charge is 2.63. The number of ether oxygens (including phenoxy) is 1. The van der Waals surface area contributed by atoms with Gasteiger partial charge in [-0.1, -0.05) is 59.2 Å². The first-order valence-electron chi connectivity index (χ1n) is 12.5. The maximum Gasteiger partial charge on any atom is 0.346 e. The molecular weight excluding hydrogens is 400 g/mol. The molecule has 4 nitrogen and oxygen atoms in total. The van der Waals surface area contributed by atoms with Gasteiger partial charge in [0.2, 0.25) is 0 Å². The smallest absolute Gasteiger partial charge is 0.346 e. The van der Waals surface area contributed by atoms with Gasteiger partial charge in [0.15, 0.2) is 5.60 Å². The fourth-order valence-electron chi connectivity index (χ4n) is 7.79. The minimum absolute atomic E-state index is 0.235. The van der Waals surface area contributed by atoms with Crippen LogP contribution < -0.4 is 0 Å². The van der Waals surface area contributed by atoms with E-state index >= 15 is 0 Å². The Morgan fingerprint density at radius 3 is 2.25 bits per heavy atom. The lowest BCUT2D eigenvalue weighted by molar-refractivity contribution is -0.206. The van der Waals surface area contributed by atoms with Crippen molar-refractivity contribution in [1.82, 2.24) is 0 Å². The molecule has 4 rings (SSSR count). The van der Waals surface area contributed by atoms with E-state index in [0.717, 1.165) is 25.7 Å². The van der Waals surface area contributed by atoms with Crippen LogP contribution in [0.2, 0.25) is 0 Å². The Balaban J connectivity index is 1.65. The Morgan fingerprint density at radius 1 is 0.906 bits per heavy atom. The number of rotatable bonds is 2. The molecule has 2 bridgehead atoms. The molecule has 7 atom stereocenters. The summed E-state index contributed by atoms with van der Waals surface area (Å²) in [5, 5.41) is 12.0. The van der Waals surface area contributed by atoms with Gasteiger partial charge in [0.1, 0.15) is 0 Å². The predicted octanol–water partition coefficient (Wildman–Crippen LogP) is 6.03. The number of carbonyl (C=O) groups excluding carboxylic acids is 2. The standard InChI is InChI=1S/C28H40O4/c1-18-11-12-21-17-23-19(2)13-16-28(31,27(23,5)15-14-22(18)26(21,3)4)25(30)32-24(29)20-9-7-6-8-10-20/h6-10,18-19,21-23,31H,11-17H2,1-5H3/t18-,19-,21+,22+,23-,27+,28?/m1/s1. The molecule has 32 heavy (non-hydrogen) atoms. The van der Waals surface area contributed by atoms with Crippen LogP contribution in [-0.4, -0.2) is 22.6 Å². The summed E-state index contributed by atoms with van der Waals surface area (Å²) in [6, 6.07) is 8.56. The van der Waals surface area contributed by atoms with Crippen molar-refractivity contribution in [3.05, 3.63) is 35.9 Å². The molecule has 1 N–H and O–H groups in total. The molecule has 1 unspecified atom stereocenters. The lowest BCUT2D eigenvalue weighted by atomic mass is 9.45. The molecule has 1 aromatic rings. The van der Waals surface area contributed by atoms with Crippen molar-refractivity contribution < 1.29 is 19.4 Å². The van der Waals surface area contributed by atoms with Crippen molar-refractivity contribution >= 4 is 11.9 Å². The van der Waals surface area contributed by atoms with Gasteiger partial charge >= 0.3 is 11.9 Å². The molecule has 0 aromatic heterocycles. The second-order valence-corrected chi connectivity index (χ2v) is 11.9. The Morgan fingerprint density at radius 2 is 1.56 bits per heavy atom. The average Bonchev–Trinajstić information content (AvgIpc) is 2.75. The van der Waals surface area contributed by atoms with Crippen molar-refractivity contribution in [3.63, 3.8) is 0 Å². The molecule has 3 aliphatic carbocycles. The summed E-state index contributed by atoms with van der Waals surface area (Å²) < 4.78 is 5.33. The molecule has 3 saturated carbocycles. The van der Waals surface area contributed by atoms with E-state index in [9.17, 15) is 14.7 Å². The second kappa shape index (κ2) is 8.27. The number of benzene rings is 1. The van der Waals surface area contributed by atoms with E-state index in [1.54, 1.807) is 24.3 Å². The van der Waals surface area contributed by atoms with Crippen LogP contribution in [0.3, 0.4) is 0 Å². The molecule has 3 aliphatic rings. The van der Waals surface area contributed by atoms with Crippen LogP contribution >= 0.6 is 0 Å². The first kappa shape index (κ1) is 23.5. The van der Waals surface area contributed by atoms with E-state index in [0.29, 0.717) is 35.7 Å². The maximum absolute atomic E-state index is 13.4. The zero-order valence-electron chi connectivity index (χ0n) is 20.4. The second-order valence-electron chi connectivity index (χ2n) is 11.9. The van der Waals surface area contributed by atoms with Crippen LogP contribution in [0.5, 0.6) is 0 Å². The van der Waals surface area contributed by atoms with Crippen molar-refractivity contribution in [3.8, 4) is 0 Å². The minimum atomic E-state index is -1.63. The molecule has 0 radical (unpaired) electrons. The summed E-state index contributed by atoms with van der Waals surface area (Å²) in [4.78, 5) is 26.0. The summed E-state index contributed by atoms with van der Waals surface area (Å²) in [7, 11) is 0. The van der Waals surface area contributed by atoms with Gasteiger partial charge in [0.05, 0.1) is 5.56 Å². The van der Waals surface area contributed by atoms with E-state index in [1.807, 2.05) is 6.07 Å². The van der Waals surface area contributed by atoms with Crippen molar-refractivity contribution in [1.29, 1.82) is 0 Å². The first-order chi connectivity index (χ1) is 15.0. The van der Waals surface area contributed by atoms with E-state index in [1.165, 1.54) is 12.8 Å². The fraction of sp³-hybridized carbons (Fsp3) is 0.714. The number of carbonyl (C=O) groups is 2. The SMILES string of the molecule is C[C@@H]1CCC(O)(C(=O)OC(=O)c2ccccc2)[C@@]2(C)CC[C@H]3[C@H](C)CC[C@@H](C[C@H]12)C3(C)C. The third-order valence-electron chi connectivity index (χ3n) is 10.1. The summed E-state index contributed by atoms with van der Waals surface area (Å²) in [6.45, 7) is 11.6. The lowest BCUT2D eigenvalue weighted by Crippen LogP contribution is -2.63. The van der Waals surface area contributed by atoms with Crippen molar-refractivity contribution in [2.75, 3.05) is 0 Å². The van der Waals surface area contributed by atoms with Gasteiger partial charge in [0.25, 0.3) is 0 Å². The largest absolute Gasteiger partial charge is 0.387 e. The Labute approximate surface area is 193 Å². The third-order valence-corrected chi connectivity index (χ3v) is 10.1. The van der Waals surface area contributed by atoms with Crippen LogP contribution in [0.25, 0.3) is 0 Å². The van der Waals surface area contributed by atoms with E-state index in [2.05, 4.69) is 34.6 Å². The molecule has 0 saturated heterocycles. The van der Waals surface area contributed by atoms with E-state index in [-0.39, 0.29) is 11.3 Å². The Hall–Kier alpha value is -1.68. The molecule has 0 amide bonds. The number of fused-ring (bicyclic) bond motifs is 3. The van der Waals surface area contributed by atoms with Crippen LogP contribution in [0.4, 0.5) is 0 Å². The summed E-state index contributed by atoms with van der Waals surface area (Å²) in [5.74, 6) is 1.07. The third kappa shape index (κ3) is 3.63. The van der Waals surface area contributed by atoms with Gasteiger partial charge in [-0.2, -0.15) is 0 Å². The molecule has 1 aromatic carbocycles. The summed E-state index contributed by atoms with van der Waals surface area (Å²) in [6.07, 6.45) is 6.46. The maximum atomic E-state index is 13.4. The number of esters is 2. The van der Waals surface area contributed by atoms with Crippen molar-refractivity contribution in [2.24, 2.45) is 40.4 Å². The highest BCUT2D eigenvalue weighted by Crippen LogP contribution is 2.62. The average molecular weight is 441 g/mol. The van der Waals surface area contributed by atoms with Crippen LogP contribution in [0, 0.1) is 40.4 Å². The number of hydrogen-bond acceptors (Lipinski definition) is 4. The predicted molar refractivity (Wildman–Crippen MR) is 125 cm³/mol. The Bertz CT molecular complexity index is 861. The van der Waals surface area contributed by atoms with Gasteiger partial charge in [-0.25, -0.2) is 9.59 Å². The van der Waals surface area contributed by atoms with Gasteiger partial charge in [-0.3, -0.25) is 0 Å². The quantitative estimate of drug-likeness (QED) is 0.451. The number of aliphatic hydroxyl groups is 1. The van der Waals surface area contributed by atoms with Crippen LogP contribution in [0.15, 0.2) is 30.3 Å². The van der Waals surface area contributed by atoms with Crippen LogP contribution in [-0.2, 0) is 9.53 Å². The van der Waals surface area contributed by atoms with Crippen molar-refractivity contribution in [2.45, 2.75) is 85.2 Å². The molecule has 176 valence electrons. The van der Waals surface area contributed by atoms with E-state index in [4.69, 9.17) is 4.74 Å². The topological polar surface area (TPSA) is 63.6 Å². The molecule has 0 aliphatic heterocycles. The lowest BCUT2D eigenvalue weighted by Gasteiger charge is -2.60. The molecule has 4 heteroatoms. The van der Waals surface area contributed by atoms with Gasteiger partial charge < -0.3 is 9.84 Å². The molecule has 0 heterocycles. The van der Waals surface area contributed by atoms with Crippen LogP contribution in [0.1, 0.15) is 89.9 Å². The fourth-order valence-corrected chi connectivity index (χ4v) is 7.79. The van der Waals surface area contributed by atoms with Gasteiger partial charge in [0, 0.05) is 5.41 Å². The molecular formula is C28H40O4. The van der Waals surface area contributed by atoms with E-state index < -0.39 is 23.0 Å². The first-order valence-corrected chi connectivity index (χ1v) is 12.5. The summed E-state index contributed by atoms with van der Waals surface area (Å²) in [5.41, 5.74) is -1.62. The normalized spacial score (nSPS) is 41.0. The minimum Gasteiger partial charge on any atom is -0.387 e. The highest BCUT2D eigenvalue weighted by molar-refractivity contribution is 5.99. The zero-order valence-corrected chi connectivity index (χ0v) is 20.4. The monoisotopic (exact) mass is 440 g/mol. The zero-order chi connectivity index (χ0) is 23.3. The Kier molecular flexibility index (Phi) is 6.07. The number of hydrogen-bond donors (Lipinski definition) is 1. The molecule has 3 fully saturated rings. The summed E-state index contributed by atoms with van der Waals surface area (Å²) >= 11 is 0.